The Morgan fingerprint density at radius 1 is 0.917 bits per heavy atom. The molecular formula is C20H24N2O2. The van der Waals surface area contributed by atoms with Gasteiger partial charge in [-0.3, -0.25) is 9.59 Å². The van der Waals surface area contributed by atoms with E-state index in [0.29, 0.717) is 17.7 Å². The number of carbonyl (C=O) groups is 2. The molecule has 4 nitrogen and oxygen atoms in total. The number of anilines is 1. The largest absolute Gasteiger partial charge is 0.345 e. The molecule has 4 heteroatoms. The Hall–Kier alpha value is -2.62. The van der Waals surface area contributed by atoms with Gasteiger partial charge in [0.05, 0.1) is 17.3 Å². The van der Waals surface area contributed by atoms with Gasteiger partial charge in [0.15, 0.2) is 0 Å². The Morgan fingerprint density at radius 2 is 1.54 bits per heavy atom. The average molecular weight is 324 g/mol. The van der Waals surface area contributed by atoms with Crippen molar-refractivity contribution in [1.82, 2.24) is 5.32 Å². The summed E-state index contributed by atoms with van der Waals surface area (Å²) in [5.41, 5.74) is 2.05. The molecule has 0 saturated carbocycles. The molecule has 0 aliphatic carbocycles. The summed E-state index contributed by atoms with van der Waals surface area (Å²) in [6.07, 6.45) is 0.427. The monoisotopic (exact) mass is 324 g/mol. The molecule has 0 aliphatic rings. The molecule has 0 radical (unpaired) electrons. The first-order valence-corrected chi connectivity index (χ1v) is 8.22. The molecule has 1 atom stereocenters. The highest BCUT2D eigenvalue weighted by molar-refractivity contribution is 6.03. The van der Waals surface area contributed by atoms with Crippen LogP contribution in [0.4, 0.5) is 5.69 Å². The molecular weight excluding hydrogens is 300 g/mol. The van der Waals surface area contributed by atoms with Crippen molar-refractivity contribution in [2.75, 3.05) is 5.32 Å². The fraction of sp³-hybridized carbons (Fsp3) is 0.300. The Labute approximate surface area is 143 Å². The van der Waals surface area contributed by atoms with Gasteiger partial charge in [-0.1, -0.05) is 56.3 Å². The van der Waals surface area contributed by atoms with Crippen LogP contribution in [0.3, 0.4) is 0 Å². The number of para-hydroxylation sites is 1. The van der Waals surface area contributed by atoms with Crippen molar-refractivity contribution in [3.63, 3.8) is 0 Å². The van der Waals surface area contributed by atoms with Crippen LogP contribution in [0, 0.1) is 5.92 Å². The van der Waals surface area contributed by atoms with Crippen molar-refractivity contribution in [2.24, 2.45) is 5.92 Å². The summed E-state index contributed by atoms with van der Waals surface area (Å²) in [4.78, 5) is 24.6. The van der Waals surface area contributed by atoms with Crippen LogP contribution in [0.15, 0.2) is 54.6 Å². The minimum Gasteiger partial charge on any atom is -0.345 e. The zero-order valence-electron chi connectivity index (χ0n) is 14.4. The van der Waals surface area contributed by atoms with Crippen molar-refractivity contribution < 1.29 is 9.59 Å². The maximum absolute atomic E-state index is 12.6. The number of benzene rings is 2. The Balaban J connectivity index is 2.11. The molecule has 2 amide bonds. The summed E-state index contributed by atoms with van der Waals surface area (Å²) in [6.45, 7) is 5.91. The van der Waals surface area contributed by atoms with E-state index >= 15 is 0 Å². The summed E-state index contributed by atoms with van der Waals surface area (Å²) in [5, 5.41) is 5.81. The van der Waals surface area contributed by atoms with E-state index in [1.807, 2.05) is 57.2 Å². The molecule has 24 heavy (non-hydrogen) atoms. The van der Waals surface area contributed by atoms with E-state index < -0.39 is 0 Å². The van der Waals surface area contributed by atoms with Crippen molar-refractivity contribution in [3.8, 4) is 0 Å². The molecule has 2 rings (SSSR count). The molecule has 2 aromatic rings. The van der Waals surface area contributed by atoms with E-state index in [1.165, 1.54) is 0 Å². The van der Waals surface area contributed by atoms with Gasteiger partial charge in [0.2, 0.25) is 5.91 Å². The lowest BCUT2D eigenvalue weighted by molar-refractivity contribution is -0.116. The predicted molar refractivity (Wildman–Crippen MR) is 96.8 cm³/mol. The second kappa shape index (κ2) is 8.29. The van der Waals surface area contributed by atoms with Gasteiger partial charge in [0, 0.05) is 6.42 Å². The van der Waals surface area contributed by atoms with Crippen LogP contribution in [-0.4, -0.2) is 11.8 Å². The molecule has 0 fully saturated rings. The van der Waals surface area contributed by atoms with Gasteiger partial charge in [0.1, 0.15) is 0 Å². The zero-order chi connectivity index (χ0) is 17.5. The number of rotatable bonds is 6. The fourth-order valence-electron chi connectivity index (χ4n) is 2.46. The van der Waals surface area contributed by atoms with Crippen molar-refractivity contribution in [1.29, 1.82) is 0 Å². The Bertz CT molecular complexity index is 696. The first-order chi connectivity index (χ1) is 11.5. The molecule has 0 aliphatic heterocycles. The molecule has 0 spiro atoms. The van der Waals surface area contributed by atoms with E-state index in [2.05, 4.69) is 10.6 Å². The number of hydrogen-bond donors (Lipinski definition) is 2. The van der Waals surface area contributed by atoms with Crippen LogP contribution in [0.25, 0.3) is 0 Å². The van der Waals surface area contributed by atoms with E-state index in [9.17, 15) is 9.59 Å². The summed E-state index contributed by atoms with van der Waals surface area (Å²) >= 11 is 0. The van der Waals surface area contributed by atoms with Crippen molar-refractivity contribution in [3.05, 3.63) is 65.7 Å². The third-order valence-electron chi connectivity index (χ3n) is 3.69. The van der Waals surface area contributed by atoms with E-state index in [-0.39, 0.29) is 23.8 Å². The van der Waals surface area contributed by atoms with Crippen LogP contribution in [0.5, 0.6) is 0 Å². The van der Waals surface area contributed by atoms with E-state index in [0.717, 1.165) is 5.56 Å². The molecule has 2 N–H and O–H groups in total. The SMILES string of the molecule is CC(C)CC(=O)Nc1ccccc1C(=O)N[C@H](C)c1ccccc1. The minimum atomic E-state index is -0.202. The second-order valence-corrected chi connectivity index (χ2v) is 6.30. The maximum Gasteiger partial charge on any atom is 0.253 e. The van der Waals surface area contributed by atoms with Crippen LogP contribution in [0.2, 0.25) is 0 Å². The van der Waals surface area contributed by atoms with Crippen LogP contribution >= 0.6 is 0 Å². The molecule has 0 aromatic heterocycles. The number of hydrogen-bond acceptors (Lipinski definition) is 2. The lowest BCUT2D eigenvalue weighted by Crippen LogP contribution is -2.28. The fourth-order valence-corrected chi connectivity index (χ4v) is 2.46. The van der Waals surface area contributed by atoms with Crippen molar-refractivity contribution in [2.45, 2.75) is 33.2 Å². The van der Waals surface area contributed by atoms with Crippen LogP contribution in [0.1, 0.15) is 49.2 Å². The molecule has 126 valence electrons. The van der Waals surface area contributed by atoms with Gasteiger partial charge in [-0.2, -0.15) is 0 Å². The molecule has 0 saturated heterocycles. The van der Waals surface area contributed by atoms with Crippen LogP contribution in [-0.2, 0) is 4.79 Å². The average Bonchev–Trinajstić information content (AvgIpc) is 2.55. The molecule has 0 bridgehead atoms. The number of carbonyl (C=O) groups excluding carboxylic acids is 2. The maximum atomic E-state index is 12.6. The summed E-state index contributed by atoms with van der Waals surface area (Å²) in [7, 11) is 0. The summed E-state index contributed by atoms with van der Waals surface area (Å²) in [6, 6.07) is 16.7. The molecule has 0 heterocycles. The molecule has 0 unspecified atom stereocenters. The second-order valence-electron chi connectivity index (χ2n) is 6.30. The Morgan fingerprint density at radius 3 is 2.21 bits per heavy atom. The molecule has 2 aromatic carbocycles. The van der Waals surface area contributed by atoms with E-state index in [4.69, 9.17) is 0 Å². The number of nitrogens with one attached hydrogen (secondary N) is 2. The third-order valence-corrected chi connectivity index (χ3v) is 3.69. The van der Waals surface area contributed by atoms with Crippen molar-refractivity contribution >= 4 is 17.5 Å². The van der Waals surface area contributed by atoms with Crippen LogP contribution < -0.4 is 10.6 Å². The first-order valence-electron chi connectivity index (χ1n) is 8.22. The summed E-state index contributed by atoms with van der Waals surface area (Å²) < 4.78 is 0. The van der Waals surface area contributed by atoms with E-state index in [1.54, 1.807) is 18.2 Å². The predicted octanol–water partition coefficient (Wildman–Crippen LogP) is 4.16. The minimum absolute atomic E-state index is 0.0821. The quantitative estimate of drug-likeness (QED) is 0.838. The topological polar surface area (TPSA) is 58.2 Å². The lowest BCUT2D eigenvalue weighted by Gasteiger charge is -2.16. The standard InChI is InChI=1S/C20H24N2O2/c1-14(2)13-19(23)22-18-12-8-7-11-17(18)20(24)21-15(3)16-9-5-4-6-10-16/h4-12,14-15H,13H2,1-3H3,(H,21,24)(H,22,23)/t15-/m1/s1. The third kappa shape index (κ3) is 4.95. The van der Waals surface area contributed by atoms with Gasteiger partial charge in [-0.15, -0.1) is 0 Å². The van der Waals surface area contributed by atoms with Gasteiger partial charge >= 0.3 is 0 Å². The number of amides is 2. The summed E-state index contributed by atoms with van der Waals surface area (Å²) in [5.74, 6) is -0.0164. The zero-order valence-corrected chi connectivity index (χ0v) is 14.4. The highest BCUT2D eigenvalue weighted by atomic mass is 16.2. The van der Waals surface area contributed by atoms with Gasteiger partial charge in [-0.25, -0.2) is 0 Å². The normalized spacial score (nSPS) is 11.8. The highest BCUT2D eigenvalue weighted by Crippen LogP contribution is 2.18. The Kier molecular flexibility index (Phi) is 6.13. The lowest BCUT2D eigenvalue weighted by atomic mass is 10.1. The first kappa shape index (κ1) is 17.7. The smallest absolute Gasteiger partial charge is 0.253 e. The van der Waals surface area contributed by atoms with Gasteiger partial charge < -0.3 is 10.6 Å². The van der Waals surface area contributed by atoms with Gasteiger partial charge in [-0.05, 0) is 30.5 Å². The highest BCUT2D eigenvalue weighted by Gasteiger charge is 2.16. The van der Waals surface area contributed by atoms with Gasteiger partial charge in [0.25, 0.3) is 5.91 Å².